The Morgan fingerprint density at radius 2 is 1.93 bits per heavy atom. The monoisotopic (exact) mass is 443 g/mol. The minimum Gasteiger partial charge on any atom is -0.436 e. The van der Waals surface area contributed by atoms with Crippen LogP contribution in [0.25, 0.3) is 22.6 Å². The van der Waals surface area contributed by atoms with Gasteiger partial charge in [-0.1, -0.05) is 35.7 Å². The standard InChI is InChI=1S/C23H23Cl2N3O2/c1-28-15-4-2-5-16(28)12-14(11-15)26-22(29)18-6-3-7-20-21(18)27-23(30-20)17-9-8-13(24)10-19(17)25/h3,6-10,14-16H,2,4-5,11-12H2,1H3,(H,26,29). The normalized spacial score (nSPS) is 24.2. The molecule has 3 aromatic rings. The first kappa shape index (κ1) is 19.9. The quantitative estimate of drug-likeness (QED) is 0.576. The van der Waals surface area contributed by atoms with Crippen molar-refractivity contribution in [3.05, 3.63) is 52.0 Å². The van der Waals surface area contributed by atoms with Crippen LogP contribution in [0.15, 0.2) is 40.8 Å². The van der Waals surface area contributed by atoms with Crippen molar-refractivity contribution in [2.75, 3.05) is 7.05 Å². The number of piperidine rings is 2. The van der Waals surface area contributed by atoms with Crippen LogP contribution >= 0.6 is 23.2 Å². The summed E-state index contributed by atoms with van der Waals surface area (Å²) in [6, 6.07) is 11.9. The summed E-state index contributed by atoms with van der Waals surface area (Å²) in [6.07, 6.45) is 5.71. The lowest BCUT2D eigenvalue weighted by atomic mass is 9.82. The van der Waals surface area contributed by atoms with E-state index in [0.29, 0.717) is 50.2 Å². The zero-order valence-electron chi connectivity index (χ0n) is 16.7. The second-order valence-corrected chi connectivity index (χ2v) is 9.18. The highest BCUT2D eigenvalue weighted by Gasteiger charge is 2.36. The molecular formula is C23H23Cl2N3O2. The predicted octanol–water partition coefficient (Wildman–Crippen LogP) is 5.55. The van der Waals surface area contributed by atoms with Crippen molar-refractivity contribution in [3.63, 3.8) is 0 Å². The van der Waals surface area contributed by atoms with Gasteiger partial charge in [-0.05, 0) is 63.1 Å². The molecule has 7 heteroatoms. The van der Waals surface area contributed by atoms with Crippen molar-refractivity contribution in [2.24, 2.45) is 0 Å². The molecule has 0 spiro atoms. The van der Waals surface area contributed by atoms with Crippen LogP contribution in [0, 0.1) is 0 Å². The Balaban J connectivity index is 1.42. The molecule has 5 rings (SSSR count). The average Bonchev–Trinajstić information content (AvgIpc) is 3.12. The van der Waals surface area contributed by atoms with Crippen LogP contribution in [0.5, 0.6) is 0 Å². The minimum absolute atomic E-state index is 0.102. The molecule has 2 unspecified atom stereocenters. The number of rotatable bonds is 3. The van der Waals surface area contributed by atoms with E-state index in [4.69, 9.17) is 27.6 Å². The summed E-state index contributed by atoms with van der Waals surface area (Å²) >= 11 is 12.3. The maximum Gasteiger partial charge on any atom is 0.253 e. The topological polar surface area (TPSA) is 58.4 Å². The van der Waals surface area contributed by atoms with Gasteiger partial charge in [0.15, 0.2) is 5.58 Å². The number of para-hydroxylation sites is 1. The summed E-state index contributed by atoms with van der Waals surface area (Å²) < 4.78 is 5.91. The number of halogens is 2. The molecular weight excluding hydrogens is 421 g/mol. The van der Waals surface area contributed by atoms with Gasteiger partial charge in [0.05, 0.1) is 16.1 Å². The fourth-order valence-electron chi connectivity index (χ4n) is 4.91. The van der Waals surface area contributed by atoms with Gasteiger partial charge in [0.2, 0.25) is 5.89 Å². The average molecular weight is 444 g/mol. The highest BCUT2D eigenvalue weighted by molar-refractivity contribution is 6.36. The lowest BCUT2D eigenvalue weighted by Crippen LogP contribution is -2.55. The van der Waals surface area contributed by atoms with Crippen LogP contribution in [-0.2, 0) is 0 Å². The Kier molecular flexibility index (Phi) is 5.21. The number of fused-ring (bicyclic) bond motifs is 3. The highest BCUT2D eigenvalue weighted by atomic mass is 35.5. The van der Waals surface area contributed by atoms with Gasteiger partial charge in [0.25, 0.3) is 5.91 Å². The van der Waals surface area contributed by atoms with Crippen molar-refractivity contribution in [2.45, 2.75) is 50.2 Å². The molecule has 1 aromatic heterocycles. The molecule has 2 saturated heterocycles. The van der Waals surface area contributed by atoms with E-state index in [1.165, 1.54) is 19.3 Å². The first-order valence-electron chi connectivity index (χ1n) is 10.4. The van der Waals surface area contributed by atoms with Gasteiger partial charge >= 0.3 is 0 Å². The van der Waals surface area contributed by atoms with E-state index in [1.54, 1.807) is 24.3 Å². The number of amides is 1. The van der Waals surface area contributed by atoms with E-state index in [-0.39, 0.29) is 11.9 Å². The third-order valence-electron chi connectivity index (χ3n) is 6.50. The summed E-state index contributed by atoms with van der Waals surface area (Å²) in [6.45, 7) is 0. The Bertz CT molecular complexity index is 1100. The van der Waals surface area contributed by atoms with Gasteiger partial charge in [0.1, 0.15) is 5.52 Å². The SMILES string of the molecule is CN1C2CCCC1CC(NC(=O)c1cccc3oc(-c4ccc(Cl)cc4Cl)nc13)C2. The van der Waals surface area contributed by atoms with Gasteiger partial charge in [-0.3, -0.25) is 4.79 Å². The summed E-state index contributed by atoms with van der Waals surface area (Å²) in [5.41, 5.74) is 2.27. The van der Waals surface area contributed by atoms with E-state index >= 15 is 0 Å². The smallest absolute Gasteiger partial charge is 0.253 e. The number of nitrogens with one attached hydrogen (secondary N) is 1. The molecule has 2 aliphatic heterocycles. The lowest BCUT2D eigenvalue weighted by molar-refractivity contribution is 0.0463. The van der Waals surface area contributed by atoms with Crippen LogP contribution in [0.2, 0.25) is 10.0 Å². The number of hydrogen-bond acceptors (Lipinski definition) is 4. The zero-order valence-corrected chi connectivity index (χ0v) is 18.2. The maximum atomic E-state index is 13.1. The number of nitrogens with zero attached hydrogens (tertiary/aromatic N) is 2. The van der Waals surface area contributed by atoms with Crippen molar-refractivity contribution in [3.8, 4) is 11.5 Å². The van der Waals surface area contributed by atoms with E-state index < -0.39 is 0 Å². The fourth-order valence-corrected chi connectivity index (χ4v) is 5.40. The molecule has 2 aliphatic rings. The number of aromatic nitrogens is 1. The van der Waals surface area contributed by atoms with Gasteiger partial charge < -0.3 is 14.6 Å². The van der Waals surface area contributed by atoms with Gasteiger partial charge in [-0.2, -0.15) is 0 Å². The zero-order chi connectivity index (χ0) is 20.8. The van der Waals surface area contributed by atoms with Gasteiger partial charge in [-0.25, -0.2) is 4.98 Å². The van der Waals surface area contributed by atoms with Gasteiger partial charge in [-0.15, -0.1) is 0 Å². The van der Waals surface area contributed by atoms with Crippen LogP contribution in [0.1, 0.15) is 42.5 Å². The summed E-state index contributed by atoms with van der Waals surface area (Å²) in [7, 11) is 2.21. The predicted molar refractivity (Wildman–Crippen MR) is 119 cm³/mol. The summed E-state index contributed by atoms with van der Waals surface area (Å²) in [5.74, 6) is 0.274. The second-order valence-electron chi connectivity index (χ2n) is 8.34. The highest BCUT2D eigenvalue weighted by Crippen LogP contribution is 2.34. The largest absolute Gasteiger partial charge is 0.436 e. The number of carbonyl (C=O) groups is 1. The number of carbonyl (C=O) groups excluding carboxylic acids is 1. The minimum atomic E-state index is -0.102. The van der Waals surface area contributed by atoms with E-state index in [9.17, 15) is 4.79 Å². The summed E-state index contributed by atoms with van der Waals surface area (Å²) in [5, 5.41) is 4.25. The maximum absolute atomic E-state index is 13.1. The molecule has 1 amide bonds. The Morgan fingerprint density at radius 3 is 2.67 bits per heavy atom. The van der Waals surface area contributed by atoms with Crippen molar-refractivity contribution in [1.82, 2.24) is 15.2 Å². The fraction of sp³-hybridized carbons (Fsp3) is 0.391. The number of benzene rings is 2. The summed E-state index contributed by atoms with van der Waals surface area (Å²) in [4.78, 5) is 20.2. The molecule has 5 nitrogen and oxygen atoms in total. The van der Waals surface area contributed by atoms with Crippen molar-refractivity contribution < 1.29 is 9.21 Å². The molecule has 30 heavy (non-hydrogen) atoms. The lowest BCUT2D eigenvalue weighted by Gasteiger charge is -2.47. The van der Waals surface area contributed by atoms with Crippen molar-refractivity contribution in [1.29, 1.82) is 0 Å². The number of oxazole rings is 1. The first-order chi connectivity index (χ1) is 14.5. The molecule has 2 fully saturated rings. The van der Waals surface area contributed by atoms with Crippen molar-refractivity contribution >= 4 is 40.2 Å². The molecule has 2 bridgehead atoms. The number of hydrogen-bond donors (Lipinski definition) is 1. The van der Waals surface area contributed by atoms with Gasteiger partial charge in [0, 0.05) is 23.1 Å². The second kappa shape index (κ2) is 7.88. The molecule has 156 valence electrons. The molecule has 0 radical (unpaired) electrons. The van der Waals surface area contributed by atoms with E-state index in [2.05, 4.69) is 22.2 Å². The Morgan fingerprint density at radius 1 is 1.17 bits per heavy atom. The Hall–Kier alpha value is -2.08. The molecule has 3 heterocycles. The Labute approximate surface area is 185 Å². The van der Waals surface area contributed by atoms with Crippen LogP contribution in [0.3, 0.4) is 0 Å². The molecule has 0 aliphatic carbocycles. The van der Waals surface area contributed by atoms with Crippen LogP contribution in [-0.4, -0.2) is 41.0 Å². The molecule has 2 atom stereocenters. The molecule has 2 aromatic carbocycles. The molecule has 0 saturated carbocycles. The molecule has 1 N–H and O–H groups in total. The van der Waals surface area contributed by atoms with E-state index in [1.807, 2.05) is 12.1 Å². The van der Waals surface area contributed by atoms with Crippen LogP contribution < -0.4 is 5.32 Å². The van der Waals surface area contributed by atoms with E-state index in [0.717, 1.165) is 12.8 Å². The first-order valence-corrected chi connectivity index (χ1v) is 11.1. The van der Waals surface area contributed by atoms with Crippen LogP contribution in [0.4, 0.5) is 0 Å². The third kappa shape index (κ3) is 3.59. The third-order valence-corrected chi connectivity index (χ3v) is 7.05.